The Morgan fingerprint density at radius 1 is 1.14 bits per heavy atom. The largest absolute Gasteiger partial charge is 0.367 e. The molecule has 0 amide bonds. The molecular weight excluding hydrogens is 324 g/mol. The summed E-state index contributed by atoms with van der Waals surface area (Å²) in [6.45, 7) is 3.02. The van der Waals surface area contributed by atoms with Gasteiger partial charge in [0.25, 0.3) is 0 Å². The molecule has 0 fully saturated rings. The van der Waals surface area contributed by atoms with Crippen LogP contribution >= 0.6 is 15.9 Å². The minimum atomic E-state index is 0.896. The number of fused-ring (bicyclic) bond motifs is 1. The van der Waals surface area contributed by atoms with Gasteiger partial charge in [0.05, 0.1) is 0 Å². The maximum absolute atomic E-state index is 3.59. The van der Waals surface area contributed by atoms with Crippen LogP contribution in [0.25, 0.3) is 0 Å². The zero-order chi connectivity index (χ0) is 14.7. The highest BCUT2D eigenvalue weighted by Crippen LogP contribution is 2.29. The van der Waals surface area contributed by atoms with E-state index in [-0.39, 0.29) is 0 Å². The van der Waals surface area contributed by atoms with Crippen molar-refractivity contribution in [2.45, 2.75) is 25.9 Å². The van der Waals surface area contributed by atoms with Crippen molar-refractivity contribution < 1.29 is 0 Å². The molecule has 0 aliphatic carbocycles. The van der Waals surface area contributed by atoms with Crippen molar-refractivity contribution in [3.63, 3.8) is 0 Å². The van der Waals surface area contributed by atoms with Crippen LogP contribution in [0, 0.1) is 0 Å². The predicted molar refractivity (Wildman–Crippen MR) is 92.7 cm³/mol. The summed E-state index contributed by atoms with van der Waals surface area (Å²) in [5, 5.41) is 3.28. The molecule has 1 aliphatic rings. The number of benzene rings is 2. The molecule has 1 aliphatic heterocycles. The molecule has 3 rings (SSSR count). The van der Waals surface area contributed by atoms with E-state index in [2.05, 4.69) is 68.6 Å². The molecule has 0 spiro atoms. The number of anilines is 1. The summed E-state index contributed by atoms with van der Waals surface area (Å²) < 4.78 is 1.15. The van der Waals surface area contributed by atoms with Crippen LogP contribution in [-0.4, -0.2) is 13.6 Å². The number of nitrogens with zero attached hydrogens (tertiary/aromatic N) is 1. The smallest absolute Gasteiger partial charge is 0.0432 e. The average molecular weight is 345 g/mol. The van der Waals surface area contributed by atoms with E-state index in [1.54, 1.807) is 0 Å². The number of nitrogens with one attached hydrogen (secondary N) is 1. The minimum absolute atomic E-state index is 0.896. The molecule has 0 saturated carbocycles. The van der Waals surface area contributed by atoms with Gasteiger partial charge in [0.1, 0.15) is 0 Å². The first-order valence-electron chi connectivity index (χ1n) is 7.52. The molecule has 0 aromatic heterocycles. The molecule has 0 atom stereocenters. The molecule has 2 nitrogen and oxygen atoms in total. The Morgan fingerprint density at radius 3 is 2.76 bits per heavy atom. The third-order valence-electron chi connectivity index (χ3n) is 4.10. The Balaban J connectivity index is 1.94. The van der Waals surface area contributed by atoms with E-state index < -0.39 is 0 Å². The monoisotopic (exact) mass is 344 g/mol. The Kier molecular flexibility index (Phi) is 4.61. The lowest BCUT2D eigenvalue weighted by molar-refractivity contribution is 0.749. The molecule has 2 aromatic rings. The van der Waals surface area contributed by atoms with Crippen LogP contribution < -0.4 is 10.2 Å². The van der Waals surface area contributed by atoms with Crippen molar-refractivity contribution in [3.05, 3.63) is 63.6 Å². The molecule has 0 saturated heterocycles. The lowest BCUT2D eigenvalue weighted by Crippen LogP contribution is -2.24. The summed E-state index contributed by atoms with van der Waals surface area (Å²) in [6, 6.07) is 15.5. The third kappa shape index (κ3) is 3.30. The molecule has 2 aromatic carbocycles. The van der Waals surface area contributed by atoms with Gasteiger partial charge in [-0.05, 0) is 54.8 Å². The predicted octanol–water partition coefficient (Wildman–Crippen LogP) is 4.12. The highest BCUT2D eigenvalue weighted by atomic mass is 79.9. The molecule has 0 radical (unpaired) electrons. The first-order chi connectivity index (χ1) is 10.3. The molecule has 0 bridgehead atoms. The van der Waals surface area contributed by atoms with Crippen LogP contribution in [-0.2, 0) is 19.5 Å². The lowest BCUT2D eigenvalue weighted by atomic mass is 10.0. The topological polar surface area (TPSA) is 15.3 Å². The Labute approximate surface area is 135 Å². The second-order valence-corrected chi connectivity index (χ2v) is 6.51. The molecule has 1 heterocycles. The SMILES string of the molecule is CNCc1cc(Br)ccc1N1CCCc2ccccc2C1. The molecule has 21 heavy (non-hydrogen) atoms. The zero-order valence-electron chi connectivity index (χ0n) is 12.4. The Bertz CT molecular complexity index is 624. The third-order valence-corrected chi connectivity index (χ3v) is 4.60. The van der Waals surface area contributed by atoms with Crippen LogP contribution in [0.2, 0.25) is 0 Å². The summed E-state index contributed by atoms with van der Waals surface area (Å²) in [5.74, 6) is 0. The van der Waals surface area contributed by atoms with Crippen LogP contribution in [0.15, 0.2) is 46.9 Å². The summed E-state index contributed by atoms with van der Waals surface area (Å²) >= 11 is 3.59. The van der Waals surface area contributed by atoms with Crippen LogP contribution in [0.4, 0.5) is 5.69 Å². The number of aryl methyl sites for hydroxylation is 1. The number of hydrogen-bond donors (Lipinski definition) is 1. The lowest BCUT2D eigenvalue weighted by Gasteiger charge is -2.26. The van der Waals surface area contributed by atoms with Gasteiger partial charge in [-0.3, -0.25) is 0 Å². The van der Waals surface area contributed by atoms with Gasteiger partial charge in [-0.15, -0.1) is 0 Å². The zero-order valence-corrected chi connectivity index (χ0v) is 14.0. The van der Waals surface area contributed by atoms with E-state index in [4.69, 9.17) is 0 Å². The van der Waals surface area contributed by atoms with Gasteiger partial charge < -0.3 is 10.2 Å². The highest BCUT2D eigenvalue weighted by molar-refractivity contribution is 9.10. The van der Waals surface area contributed by atoms with Crippen molar-refractivity contribution in [2.75, 3.05) is 18.5 Å². The summed E-state index contributed by atoms with van der Waals surface area (Å²) in [6.07, 6.45) is 2.40. The Morgan fingerprint density at radius 2 is 1.95 bits per heavy atom. The molecule has 110 valence electrons. The van der Waals surface area contributed by atoms with Crippen molar-refractivity contribution in [2.24, 2.45) is 0 Å². The van der Waals surface area contributed by atoms with E-state index in [0.29, 0.717) is 0 Å². The normalized spacial score (nSPS) is 14.7. The second kappa shape index (κ2) is 6.63. The van der Waals surface area contributed by atoms with Gasteiger partial charge in [-0.25, -0.2) is 0 Å². The van der Waals surface area contributed by atoms with Crippen LogP contribution in [0.3, 0.4) is 0 Å². The van der Waals surface area contributed by atoms with Gasteiger partial charge in [-0.2, -0.15) is 0 Å². The van der Waals surface area contributed by atoms with E-state index in [9.17, 15) is 0 Å². The maximum atomic E-state index is 3.59. The van der Waals surface area contributed by atoms with Crippen molar-refractivity contribution >= 4 is 21.6 Å². The quantitative estimate of drug-likeness (QED) is 0.900. The van der Waals surface area contributed by atoms with Gasteiger partial charge in [-0.1, -0.05) is 40.2 Å². The van der Waals surface area contributed by atoms with Gasteiger partial charge in [0.15, 0.2) is 0 Å². The van der Waals surface area contributed by atoms with Gasteiger partial charge >= 0.3 is 0 Å². The molecular formula is C18H21BrN2. The van der Waals surface area contributed by atoms with E-state index in [0.717, 1.165) is 24.1 Å². The van der Waals surface area contributed by atoms with Crippen molar-refractivity contribution in [1.29, 1.82) is 0 Å². The fourth-order valence-corrected chi connectivity index (χ4v) is 3.51. The van der Waals surface area contributed by atoms with E-state index in [1.165, 1.54) is 35.2 Å². The first kappa shape index (κ1) is 14.6. The number of hydrogen-bond acceptors (Lipinski definition) is 2. The Hall–Kier alpha value is -1.32. The fraction of sp³-hybridized carbons (Fsp3) is 0.333. The van der Waals surface area contributed by atoms with Gasteiger partial charge in [0, 0.05) is 29.8 Å². The average Bonchev–Trinajstić information content (AvgIpc) is 2.70. The summed E-state index contributed by atoms with van der Waals surface area (Å²) in [5.41, 5.74) is 5.68. The summed E-state index contributed by atoms with van der Waals surface area (Å²) in [4.78, 5) is 2.52. The van der Waals surface area contributed by atoms with Crippen molar-refractivity contribution in [1.82, 2.24) is 5.32 Å². The maximum Gasteiger partial charge on any atom is 0.0432 e. The standard InChI is InChI=1S/C18H21BrN2/c1-20-12-16-11-17(19)8-9-18(16)21-10-4-7-14-5-2-3-6-15(14)13-21/h2-3,5-6,8-9,11,20H,4,7,10,12-13H2,1H3. The molecule has 3 heteroatoms. The fourth-order valence-electron chi connectivity index (χ4n) is 3.10. The summed E-state index contributed by atoms with van der Waals surface area (Å²) in [7, 11) is 2.00. The second-order valence-electron chi connectivity index (χ2n) is 5.60. The minimum Gasteiger partial charge on any atom is -0.367 e. The number of halogens is 1. The van der Waals surface area contributed by atoms with Gasteiger partial charge in [0.2, 0.25) is 0 Å². The van der Waals surface area contributed by atoms with E-state index >= 15 is 0 Å². The van der Waals surface area contributed by atoms with E-state index in [1.807, 2.05) is 7.05 Å². The molecule has 0 unspecified atom stereocenters. The highest BCUT2D eigenvalue weighted by Gasteiger charge is 2.16. The first-order valence-corrected chi connectivity index (χ1v) is 8.32. The van der Waals surface area contributed by atoms with Crippen molar-refractivity contribution in [3.8, 4) is 0 Å². The molecule has 1 N–H and O–H groups in total. The number of rotatable bonds is 3. The van der Waals surface area contributed by atoms with Crippen LogP contribution in [0.1, 0.15) is 23.1 Å². The van der Waals surface area contributed by atoms with Crippen LogP contribution in [0.5, 0.6) is 0 Å².